The predicted molar refractivity (Wildman–Crippen MR) is 121 cm³/mol. The van der Waals surface area contributed by atoms with E-state index in [1.54, 1.807) is 0 Å². The molecule has 1 saturated carbocycles. The van der Waals surface area contributed by atoms with Gasteiger partial charge in [0.1, 0.15) is 5.54 Å². The first-order chi connectivity index (χ1) is 14.8. The molecule has 3 nitrogen and oxygen atoms in total. The molecule has 2 N–H and O–H groups in total. The highest BCUT2D eigenvalue weighted by atomic mass is 15.1. The summed E-state index contributed by atoms with van der Waals surface area (Å²) in [7, 11) is 0. The molecule has 0 spiro atoms. The molecule has 0 unspecified atom stereocenters. The van der Waals surface area contributed by atoms with E-state index < -0.39 is 5.54 Å². The van der Waals surface area contributed by atoms with Gasteiger partial charge >= 0.3 is 0 Å². The molecular formula is C27H27N3. The standard InChI is InChI=1S/C27H27N3/c28-25-18-10-17-24(25)26-19-30(20-29-26)27(21-11-4-1-5-12-21,22-13-6-2-7-14-22)23-15-8-3-9-16-23/h1-9,11-16,19-20,24-25H,10,17-18,28H2/t24-,25-/m0/s1. The molecule has 2 atom stereocenters. The van der Waals surface area contributed by atoms with Crippen molar-refractivity contribution in [2.75, 3.05) is 0 Å². The van der Waals surface area contributed by atoms with Crippen molar-refractivity contribution in [1.82, 2.24) is 9.55 Å². The van der Waals surface area contributed by atoms with E-state index in [0.717, 1.165) is 18.5 Å². The SMILES string of the molecule is N[C@H]1CCC[C@@H]1c1cn(C(c2ccccc2)(c2ccccc2)c2ccccc2)cn1. The predicted octanol–water partition coefficient (Wildman–Crippen LogP) is 5.32. The van der Waals surface area contributed by atoms with Gasteiger partial charge in [0.2, 0.25) is 0 Å². The normalized spacial score (nSPS) is 19.1. The third-order valence-electron chi connectivity index (χ3n) is 6.51. The van der Waals surface area contributed by atoms with Crippen LogP contribution in [0, 0.1) is 0 Å². The van der Waals surface area contributed by atoms with E-state index in [0.29, 0.717) is 5.92 Å². The molecule has 0 radical (unpaired) electrons. The van der Waals surface area contributed by atoms with Crippen molar-refractivity contribution in [3.63, 3.8) is 0 Å². The van der Waals surface area contributed by atoms with Gasteiger partial charge in [-0.15, -0.1) is 0 Å². The number of rotatable bonds is 5. The fourth-order valence-electron chi connectivity index (χ4n) is 5.05. The van der Waals surface area contributed by atoms with Crippen molar-refractivity contribution in [3.8, 4) is 0 Å². The third-order valence-corrected chi connectivity index (χ3v) is 6.51. The summed E-state index contributed by atoms with van der Waals surface area (Å²) in [6.07, 6.45) is 7.60. The monoisotopic (exact) mass is 393 g/mol. The van der Waals surface area contributed by atoms with Crippen LogP contribution in [0.25, 0.3) is 0 Å². The highest BCUT2D eigenvalue weighted by molar-refractivity contribution is 5.50. The molecule has 0 aliphatic heterocycles. The van der Waals surface area contributed by atoms with Crippen molar-refractivity contribution in [2.45, 2.75) is 36.8 Å². The maximum Gasteiger partial charge on any atom is 0.121 e. The minimum absolute atomic E-state index is 0.202. The van der Waals surface area contributed by atoms with Crippen LogP contribution in [0.15, 0.2) is 104 Å². The Hall–Kier alpha value is -3.17. The Balaban J connectivity index is 1.78. The van der Waals surface area contributed by atoms with Gasteiger partial charge in [-0.25, -0.2) is 4.98 Å². The molecule has 3 heteroatoms. The average molecular weight is 394 g/mol. The lowest BCUT2D eigenvalue weighted by atomic mass is 9.76. The Kier molecular flexibility index (Phi) is 4.97. The van der Waals surface area contributed by atoms with Crippen molar-refractivity contribution >= 4 is 0 Å². The molecule has 30 heavy (non-hydrogen) atoms. The van der Waals surface area contributed by atoms with Gasteiger partial charge in [0.15, 0.2) is 0 Å². The summed E-state index contributed by atoms with van der Waals surface area (Å²) in [4.78, 5) is 4.87. The number of imidazole rings is 1. The Labute approximate surface area is 178 Å². The lowest BCUT2D eigenvalue weighted by Crippen LogP contribution is -2.37. The van der Waals surface area contributed by atoms with Crippen LogP contribution >= 0.6 is 0 Å². The van der Waals surface area contributed by atoms with Gasteiger partial charge in [0.05, 0.1) is 12.0 Å². The smallest absolute Gasteiger partial charge is 0.121 e. The zero-order valence-corrected chi connectivity index (χ0v) is 17.1. The first kappa shape index (κ1) is 18.8. The van der Waals surface area contributed by atoms with Crippen molar-refractivity contribution < 1.29 is 0 Å². The van der Waals surface area contributed by atoms with Gasteiger partial charge in [-0.1, -0.05) is 97.4 Å². The average Bonchev–Trinajstić information content (AvgIpc) is 3.46. The van der Waals surface area contributed by atoms with Crippen LogP contribution in [0.5, 0.6) is 0 Å². The van der Waals surface area contributed by atoms with Crippen LogP contribution in [0.1, 0.15) is 47.6 Å². The van der Waals surface area contributed by atoms with Gasteiger partial charge < -0.3 is 10.3 Å². The van der Waals surface area contributed by atoms with Gasteiger partial charge in [0.25, 0.3) is 0 Å². The molecule has 1 aliphatic carbocycles. The Morgan fingerprint density at radius 2 is 1.23 bits per heavy atom. The van der Waals surface area contributed by atoms with E-state index in [9.17, 15) is 0 Å². The largest absolute Gasteiger partial charge is 0.327 e. The quantitative estimate of drug-likeness (QED) is 0.467. The maximum absolute atomic E-state index is 6.41. The molecule has 3 aromatic carbocycles. The second-order valence-corrected chi connectivity index (χ2v) is 8.22. The number of aromatic nitrogens is 2. The van der Waals surface area contributed by atoms with E-state index >= 15 is 0 Å². The second-order valence-electron chi connectivity index (χ2n) is 8.22. The first-order valence-corrected chi connectivity index (χ1v) is 10.8. The van der Waals surface area contributed by atoms with Crippen molar-refractivity contribution in [2.24, 2.45) is 5.73 Å². The highest BCUT2D eigenvalue weighted by Crippen LogP contribution is 2.42. The summed E-state index contributed by atoms with van der Waals surface area (Å²) in [6, 6.07) is 32.3. The molecular weight excluding hydrogens is 366 g/mol. The summed E-state index contributed by atoms with van der Waals surface area (Å²) in [5.41, 5.74) is 10.6. The molecule has 0 bridgehead atoms. The van der Waals surface area contributed by atoms with Crippen LogP contribution in [0.3, 0.4) is 0 Å². The minimum Gasteiger partial charge on any atom is -0.327 e. The lowest BCUT2D eigenvalue weighted by molar-refractivity contribution is 0.512. The van der Waals surface area contributed by atoms with Crippen molar-refractivity contribution in [3.05, 3.63) is 126 Å². The number of hydrogen-bond acceptors (Lipinski definition) is 2. The summed E-state index contributed by atoms with van der Waals surface area (Å²) in [6.45, 7) is 0. The fraction of sp³-hybridized carbons (Fsp3) is 0.222. The maximum atomic E-state index is 6.41. The highest BCUT2D eigenvalue weighted by Gasteiger charge is 2.39. The third kappa shape index (κ3) is 3.06. The Morgan fingerprint density at radius 3 is 1.67 bits per heavy atom. The minimum atomic E-state index is -0.502. The second kappa shape index (κ2) is 7.92. The van der Waals surface area contributed by atoms with Crippen LogP contribution < -0.4 is 5.73 Å². The zero-order valence-electron chi connectivity index (χ0n) is 17.1. The molecule has 1 aliphatic rings. The van der Waals surface area contributed by atoms with Crippen molar-refractivity contribution in [1.29, 1.82) is 0 Å². The number of nitrogens with zero attached hydrogens (tertiary/aromatic N) is 2. The van der Waals surface area contributed by atoms with Crippen LogP contribution in [0.2, 0.25) is 0 Å². The summed E-state index contributed by atoms with van der Waals surface area (Å²) < 4.78 is 2.29. The molecule has 5 rings (SSSR count). The molecule has 1 fully saturated rings. The van der Waals surface area contributed by atoms with Crippen LogP contribution in [0.4, 0.5) is 0 Å². The fourth-order valence-corrected chi connectivity index (χ4v) is 5.05. The van der Waals surface area contributed by atoms with E-state index in [1.807, 2.05) is 6.33 Å². The van der Waals surface area contributed by atoms with Gasteiger partial charge in [-0.2, -0.15) is 0 Å². The van der Waals surface area contributed by atoms with E-state index in [4.69, 9.17) is 10.7 Å². The van der Waals surface area contributed by atoms with Crippen LogP contribution in [-0.4, -0.2) is 15.6 Å². The Morgan fingerprint density at radius 1 is 0.733 bits per heavy atom. The molecule has 4 aromatic rings. The summed E-state index contributed by atoms with van der Waals surface area (Å²) in [5, 5.41) is 0. The first-order valence-electron chi connectivity index (χ1n) is 10.8. The van der Waals surface area contributed by atoms with E-state index in [1.165, 1.54) is 23.1 Å². The summed E-state index contributed by atoms with van der Waals surface area (Å²) >= 11 is 0. The summed E-state index contributed by atoms with van der Waals surface area (Å²) in [5.74, 6) is 0.339. The van der Waals surface area contributed by atoms with Gasteiger partial charge in [-0.05, 0) is 29.5 Å². The van der Waals surface area contributed by atoms with Gasteiger partial charge in [0, 0.05) is 18.2 Å². The number of hydrogen-bond donors (Lipinski definition) is 1. The topological polar surface area (TPSA) is 43.8 Å². The van der Waals surface area contributed by atoms with E-state index in [2.05, 4.69) is 102 Å². The number of nitrogens with two attached hydrogens (primary N) is 1. The lowest BCUT2D eigenvalue weighted by Gasteiger charge is -2.37. The van der Waals surface area contributed by atoms with E-state index in [-0.39, 0.29) is 6.04 Å². The molecule has 150 valence electrons. The molecule has 1 heterocycles. The molecule has 0 saturated heterocycles. The van der Waals surface area contributed by atoms with Gasteiger partial charge in [-0.3, -0.25) is 0 Å². The van der Waals surface area contributed by atoms with Crippen LogP contribution in [-0.2, 0) is 5.54 Å². The zero-order chi connectivity index (χ0) is 20.4. The number of benzene rings is 3. The Bertz CT molecular complexity index is 990. The molecule has 0 amide bonds. The molecule has 1 aromatic heterocycles.